The standard InChI is InChI=1S/C20H26/c1-3-4-8-20(15-18-9-6-5-7-10-18)16-19-13-11-17(2)12-14-19/h5-7,9-14,20H,3-4,8,15-16H2,1-2H3. The molecule has 2 aromatic rings. The SMILES string of the molecule is CCCCC(Cc1ccccc1)Cc1ccc(C)cc1. The summed E-state index contributed by atoms with van der Waals surface area (Å²) in [6, 6.07) is 20.0. The van der Waals surface area contributed by atoms with Crippen LogP contribution in [0.4, 0.5) is 0 Å². The Hall–Kier alpha value is -1.56. The average molecular weight is 266 g/mol. The van der Waals surface area contributed by atoms with E-state index < -0.39 is 0 Å². The Balaban J connectivity index is 2.01. The molecule has 20 heavy (non-hydrogen) atoms. The number of hydrogen-bond acceptors (Lipinski definition) is 0. The molecule has 0 heteroatoms. The Morgan fingerprint density at radius 2 is 1.40 bits per heavy atom. The summed E-state index contributed by atoms with van der Waals surface area (Å²) in [6.45, 7) is 4.44. The zero-order valence-corrected chi connectivity index (χ0v) is 12.8. The van der Waals surface area contributed by atoms with Gasteiger partial charge in [0, 0.05) is 0 Å². The first-order valence-corrected chi connectivity index (χ1v) is 7.87. The molecule has 0 N–H and O–H groups in total. The van der Waals surface area contributed by atoms with E-state index in [1.54, 1.807) is 0 Å². The van der Waals surface area contributed by atoms with Crippen molar-refractivity contribution in [3.05, 3.63) is 71.3 Å². The molecule has 1 unspecified atom stereocenters. The second kappa shape index (κ2) is 7.89. The highest BCUT2D eigenvalue weighted by Gasteiger charge is 2.10. The van der Waals surface area contributed by atoms with Gasteiger partial charge in [0.1, 0.15) is 0 Å². The summed E-state index contributed by atoms with van der Waals surface area (Å²) < 4.78 is 0. The minimum Gasteiger partial charge on any atom is -0.0654 e. The van der Waals surface area contributed by atoms with Crippen LogP contribution in [-0.2, 0) is 12.8 Å². The number of aryl methyl sites for hydroxylation is 1. The highest BCUT2D eigenvalue weighted by Crippen LogP contribution is 2.20. The Morgan fingerprint density at radius 1 is 0.800 bits per heavy atom. The highest BCUT2D eigenvalue weighted by atomic mass is 14.2. The van der Waals surface area contributed by atoms with Gasteiger partial charge in [-0.25, -0.2) is 0 Å². The molecule has 0 bridgehead atoms. The van der Waals surface area contributed by atoms with E-state index in [-0.39, 0.29) is 0 Å². The van der Waals surface area contributed by atoms with E-state index in [0.717, 1.165) is 5.92 Å². The van der Waals surface area contributed by atoms with E-state index in [0.29, 0.717) is 0 Å². The van der Waals surface area contributed by atoms with E-state index in [1.165, 1.54) is 48.8 Å². The maximum absolute atomic E-state index is 2.29. The highest BCUT2D eigenvalue weighted by molar-refractivity contribution is 5.22. The van der Waals surface area contributed by atoms with Crippen molar-refractivity contribution in [3.8, 4) is 0 Å². The van der Waals surface area contributed by atoms with Crippen molar-refractivity contribution < 1.29 is 0 Å². The third-order valence-corrected chi connectivity index (χ3v) is 3.98. The molecule has 106 valence electrons. The maximum Gasteiger partial charge on any atom is -0.0247 e. The van der Waals surface area contributed by atoms with Gasteiger partial charge in [-0.1, -0.05) is 79.9 Å². The molecule has 0 nitrogen and oxygen atoms in total. The quantitative estimate of drug-likeness (QED) is 0.613. The van der Waals surface area contributed by atoms with Gasteiger partial charge in [-0.05, 0) is 43.2 Å². The molecule has 1 atom stereocenters. The lowest BCUT2D eigenvalue weighted by Crippen LogP contribution is -2.08. The summed E-state index contributed by atoms with van der Waals surface area (Å²) in [5.74, 6) is 0.764. The third-order valence-electron chi connectivity index (χ3n) is 3.98. The minimum atomic E-state index is 0.764. The molecule has 0 aliphatic rings. The van der Waals surface area contributed by atoms with E-state index in [1.807, 2.05) is 0 Å². The van der Waals surface area contributed by atoms with Crippen molar-refractivity contribution in [2.45, 2.75) is 46.0 Å². The first-order valence-electron chi connectivity index (χ1n) is 7.87. The van der Waals surface area contributed by atoms with Crippen molar-refractivity contribution in [2.24, 2.45) is 5.92 Å². The van der Waals surface area contributed by atoms with E-state index in [9.17, 15) is 0 Å². The van der Waals surface area contributed by atoms with Gasteiger partial charge in [0.05, 0.1) is 0 Å². The van der Waals surface area contributed by atoms with Crippen LogP contribution in [0.1, 0.15) is 42.9 Å². The van der Waals surface area contributed by atoms with E-state index >= 15 is 0 Å². The van der Waals surface area contributed by atoms with Gasteiger partial charge in [-0.15, -0.1) is 0 Å². The Morgan fingerprint density at radius 3 is 2.00 bits per heavy atom. The molecule has 0 saturated heterocycles. The fraction of sp³-hybridized carbons (Fsp3) is 0.400. The summed E-state index contributed by atoms with van der Waals surface area (Å²) in [6.07, 6.45) is 6.37. The molecule has 0 heterocycles. The lowest BCUT2D eigenvalue weighted by Gasteiger charge is -2.17. The second-order valence-electron chi connectivity index (χ2n) is 5.89. The molecule has 0 saturated carbocycles. The molecular formula is C20H26. The van der Waals surface area contributed by atoms with Crippen LogP contribution in [0.25, 0.3) is 0 Å². The topological polar surface area (TPSA) is 0 Å². The minimum absolute atomic E-state index is 0.764. The predicted octanol–water partition coefficient (Wildman–Crippen LogP) is 5.59. The first kappa shape index (κ1) is 14.8. The van der Waals surface area contributed by atoms with Crippen LogP contribution >= 0.6 is 0 Å². The van der Waals surface area contributed by atoms with Crippen LogP contribution < -0.4 is 0 Å². The monoisotopic (exact) mass is 266 g/mol. The molecule has 2 aromatic carbocycles. The molecule has 0 aliphatic carbocycles. The summed E-state index contributed by atoms with van der Waals surface area (Å²) >= 11 is 0. The second-order valence-corrected chi connectivity index (χ2v) is 5.89. The van der Waals surface area contributed by atoms with Crippen molar-refractivity contribution in [2.75, 3.05) is 0 Å². The van der Waals surface area contributed by atoms with Gasteiger partial charge in [-0.2, -0.15) is 0 Å². The van der Waals surface area contributed by atoms with Crippen molar-refractivity contribution in [1.29, 1.82) is 0 Å². The zero-order valence-electron chi connectivity index (χ0n) is 12.8. The fourth-order valence-electron chi connectivity index (χ4n) is 2.77. The van der Waals surface area contributed by atoms with E-state index in [4.69, 9.17) is 0 Å². The Labute approximate surface area is 123 Å². The maximum atomic E-state index is 2.29. The molecule has 0 spiro atoms. The number of rotatable bonds is 7. The van der Waals surface area contributed by atoms with Gasteiger partial charge >= 0.3 is 0 Å². The van der Waals surface area contributed by atoms with E-state index in [2.05, 4.69) is 68.4 Å². The largest absolute Gasteiger partial charge is 0.0654 e. The Kier molecular flexibility index (Phi) is 5.86. The third kappa shape index (κ3) is 4.85. The fourth-order valence-corrected chi connectivity index (χ4v) is 2.77. The molecular weight excluding hydrogens is 240 g/mol. The van der Waals surface area contributed by atoms with Gasteiger partial charge in [0.15, 0.2) is 0 Å². The van der Waals surface area contributed by atoms with Gasteiger partial charge in [0.25, 0.3) is 0 Å². The molecule has 0 aromatic heterocycles. The first-order chi connectivity index (χ1) is 9.78. The molecule has 0 radical (unpaired) electrons. The van der Waals surface area contributed by atoms with Crippen LogP contribution in [0.2, 0.25) is 0 Å². The average Bonchev–Trinajstić information content (AvgIpc) is 2.48. The van der Waals surface area contributed by atoms with Crippen molar-refractivity contribution in [1.82, 2.24) is 0 Å². The molecule has 0 amide bonds. The van der Waals surface area contributed by atoms with Crippen LogP contribution in [0, 0.1) is 12.8 Å². The predicted molar refractivity (Wildman–Crippen MR) is 88.0 cm³/mol. The van der Waals surface area contributed by atoms with Gasteiger partial charge in [-0.3, -0.25) is 0 Å². The number of hydrogen-bond donors (Lipinski definition) is 0. The normalized spacial score (nSPS) is 12.3. The lowest BCUT2D eigenvalue weighted by atomic mass is 9.88. The zero-order chi connectivity index (χ0) is 14.2. The molecule has 0 aliphatic heterocycles. The molecule has 2 rings (SSSR count). The van der Waals surface area contributed by atoms with Gasteiger partial charge in [0.2, 0.25) is 0 Å². The number of unbranched alkanes of at least 4 members (excludes halogenated alkanes) is 1. The summed E-state index contributed by atoms with van der Waals surface area (Å²) in [4.78, 5) is 0. The van der Waals surface area contributed by atoms with Crippen LogP contribution in [-0.4, -0.2) is 0 Å². The lowest BCUT2D eigenvalue weighted by molar-refractivity contribution is 0.460. The number of benzene rings is 2. The summed E-state index contributed by atoms with van der Waals surface area (Å²) in [5.41, 5.74) is 4.30. The molecule has 0 fully saturated rings. The van der Waals surface area contributed by atoms with Crippen LogP contribution in [0.3, 0.4) is 0 Å². The van der Waals surface area contributed by atoms with Crippen LogP contribution in [0.15, 0.2) is 54.6 Å². The van der Waals surface area contributed by atoms with Crippen molar-refractivity contribution in [3.63, 3.8) is 0 Å². The summed E-state index contributed by atoms with van der Waals surface area (Å²) in [5, 5.41) is 0. The van der Waals surface area contributed by atoms with Gasteiger partial charge < -0.3 is 0 Å². The Bertz CT molecular complexity index is 481. The van der Waals surface area contributed by atoms with Crippen LogP contribution in [0.5, 0.6) is 0 Å². The summed E-state index contributed by atoms with van der Waals surface area (Å²) in [7, 11) is 0. The smallest absolute Gasteiger partial charge is 0.0247 e. The van der Waals surface area contributed by atoms with Crippen molar-refractivity contribution >= 4 is 0 Å².